The van der Waals surface area contributed by atoms with Gasteiger partial charge in [0.15, 0.2) is 17.3 Å². The Bertz CT molecular complexity index is 1130. The maximum Gasteiger partial charge on any atom is 0.231 e. The number of primary amides is 1. The molecule has 0 spiro atoms. The molecule has 0 bridgehead atoms. The summed E-state index contributed by atoms with van der Waals surface area (Å²) < 4.78 is 12.7. The number of hydrogen-bond donors (Lipinski definition) is 1. The number of hydrogen-bond acceptors (Lipinski definition) is 7. The molecule has 32 heavy (non-hydrogen) atoms. The Morgan fingerprint density at radius 2 is 1.94 bits per heavy atom. The molecule has 10 heteroatoms. The molecule has 3 aromatic rings. The first-order chi connectivity index (χ1) is 15.6. The van der Waals surface area contributed by atoms with Crippen LogP contribution in [-0.4, -0.2) is 50.9 Å². The molecule has 0 unspecified atom stereocenters. The van der Waals surface area contributed by atoms with Crippen LogP contribution in [0.3, 0.4) is 0 Å². The molecule has 0 aliphatic carbocycles. The number of carbonyl (C=O) groups excluding carboxylic acids is 1. The standard InChI is InChI=1S/C22H23ClN6O3/c23-17-4-2-1-3-16(17)20(28-9-7-15(8-10-28)21(24)30)22-25-26-27-29(22)12-14-5-6-18-19(11-14)32-13-31-18/h1-6,11,15,20H,7-10,12-13H2,(H2,24,30)/t20-/m0/s1. The normalized spacial score (nSPS) is 17.4. The van der Waals surface area contributed by atoms with Crippen molar-refractivity contribution in [2.24, 2.45) is 11.7 Å². The second-order valence-electron chi connectivity index (χ2n) is 8.02. The van der Waals surface area contributed by atoms with Crippen molar-refractivity contribution in [1.29, 1.82) is 0 Å². The predicted molar refractivity (Wildman–Crippen MR) is 116 cm³/mol. The Hall–Kier alpha value is -3.17. The van der Waals surface area contributed by atoms with Crippen LogP contribution in [0.1, 0.15) is 35.8 Å². The number of nitrogens with zero attached hydrogens (tertiary/aromatic N) is 5. The summed E-state index contributed by atoms with van der Waals surface area (Å²) in [6.45, 7) is 2.09. The Kier molecular flexibility index (Phi) is 5.67. The van der Waals surface area contributed by atoms with Gasteiger partial charge >= 0.3 is 0 Å². The Labute approximate surface area is 190 Å². The lowest BCUT2D eigenvalue weighted by molar-refractivity contribution is -0.123. The average Bonchev–Trinajstić information content (AvgIpc) is 3.45. The second-order valence-corrected chi connectivity index (χ2v) is 8.43. The molecule has 1 aromatic heterocycles. The van der Waals surface area contributed by atoms with E-state index in [1.165, 1.54) is 0 Å². The van der Waals surface area contributed by atoms with E-state index in [1.807, 2.05) is 42.5 Å². The number of amides is 1. The molecule has 1 amide bonds. The van der Waals surface area contributed by atoms with Crippen LogP contribution in [0.2, 0.25) is 5.02 Å². The fourth-order valence-electron chi connectivity index (χ4n) is 4.37. The predicted octanol–water partition coefficient (Wildman–Crippen LogP) is 2.39. The van der Waals surface area contributed by atoms with Gasteiger partial charge in [-0.3, -0.25) is 9.69 Å². The quantitative estimate of drug-likeness (QED) is 0.609. The molecule has 3 heterocycles. The first-order valence-electron chi connectivity index (χ1n) is 10.5. The molecule has 2 aromatic carbocycles. The maximum absolute atomic E-state index is 11.6. The topological polar surface area (TPSA) is 108 Å². The highest BCUT2D eigenvalue weighted by atomic mass is 35.5. The summed E-state index contributed by atoms with van der Waals surface area (Å²) in [6, 6.07) is 13.3. The van der Waals surface area contributed by atoms with E-state index in [0.717, 1.165) is 16.9 Å². The molecular weight excluding hydrogens is 432 g/mol. The van der Waals surface area contributed by atoms with Gasteiger partial charge in [-0.2, -0.15) is 0 Å². The summed E-state index contributed by atoms with van der Waals surface area (Å²) in [6.07, 6.45) is 1.39. The summed E-state index contributed by atoms with van der Waals surface area (Å²) in [7, 11) is 0. The molecule has 2 aliphatic rings. The molecular formula is C22H23ClN6O3. The summed E-state index contributed by atoms with van der Waals surface area (Å²) >= 11 is 6.60. The average molecular weight is 455 g/mol. The first-order valence-corrected chi connectivity index (χ1v) is 10.9. The van der Waals surface area contributed by atoms with Gasteiger partial charge < -0.3 is 15.2 Å². The molecule has 2 N–H and O–H groups in total. The number of ether oxygens (including phenoxy) is 2. The third-order valence-corrected chi connectivity index (χ3v) is 6.41. The highest BCUT2D eigenvalue weighted by Crippen LogP contribution is 2.36. The van der Waals surface area contributed by atoms with E-state index in [4.69, 9.17) is 26.8 Å². The van der Waals surface area contributed by atoms with Crippen LogP contribution in [0, 0.1) is 5.92 Å². The highest BCUT2D eigenvalue weighted by molar-refractivity contribution is 6.31. The zero-order valence-electron chi connectivity index (χ0n) is 17.4. The number of halogens is 1. The number of piperidine rings is 1. The Morgan fingerprint density at radius 1 is 1.16 bits per heavy atom. The summed E-state index contributed by atoms with van der Waals surface area (Å²) in [4.78, 5) is 13.9. The van der Waals surface area contributed by atoms with Gasteiger partial charge in [-0.25, -0.2) is 4.68 Å². The van der Waals surface area contributed by atoms with E-state index in [2.05, 4.69) is 20.4 Å². The smallest absolute Gasteiger partial charge is 0.231 e. The lowest BCUT2D eigenvalue weighted by atomic mass is 9.93. The van der Waals surface area contributed by atoms with Crippen LogP contribution < -0.4 is 15.2 Å². The number of carbonyl (C=O) groups is 1. The Morgan fingerprint density at radius 3 is 2.72 bits per heavy atom. The van der Waals surface area contributed by atoms with Gasteiger partial charge in [0, 0.05) is 10.9 Å². The molecule has 0 radical (unpaired) electrons. The lowest BCUT2D eigenvalue weighted by Gasteiger charge is -2.36. The maximum atomic E-state index is 11.6. The number of likely N-dealkylation sites (tertiary alicyclic amines) is 1. The second kappa shape index (κ2) is 8.76. The van der Waals surface area contributed by atoms with Gasteiger partial charge in [-0.1, -0.05) is 35.9 Å². The number of rotatable bonds is 6. The number of aromatic nitrogens is 4. The van der Waals surface area contributed by atoms with E-state index in [-0.39, 0.29) is 24.7 Å². The zero-order valence-corrected chi connectivity index (χ0v) is 18.1. The van der Waals surface area contributed by atoms with Crippen molar-refractivity contribution in [2.75, 3.05) is 19.9 Å². The van der Waals surface area contributed by atoms with E-state index in [0.29, 0.717) is 49.1 Å². The number of tetrazole rings is 1. The van der Waals surface area contributed by atoms with Crippen LogP contribution >= 0.6 is 11.6 Å². The molecule has 1 atom stereocenters. The van der Waals surface area contributed by atoms with Crippen molar-refractivity contribution in [1.82, 2.24) is 25.1 Å². The van der Waals surface area contributed by atoms with Crippen molar-refractivity contribution in [3.8, 4) is 11.5 Å². The molecule has 0 saturated carbocycles. The van der Waals surface area contributed by atoms with E-state index in [9.17, 15) is 4.79 Å². The first kappa shape index (κ1) is 20.7. The third-order valence-electron chi connectivity index (χ3n) is 6.07. The molecule has 166 valence electrons. The molecule has 5 rings (SSSR count). The van der Waals surface area contributed by atoms with Gasteiger partial charge in [0.2, 0.25) is 12.7 Å². The monoisotopic (exact) mass is 454 g/mol. The summed E-state index contributed by atoms with van der Waals surface area (Å²) in [5.41, 5.74) is 7.45. The largest absolute Gasteiger partial charge is 0.454 e. The molecule has 9 nitrogen and oxygen atoms in total. The van der Waals surface area contributed by atoms with Crippen LogP contribution in [0.4, 0.5) is 0 Å². The van der Waals surface area contributed by atoms with Crippen LogP contribution in [0.5, 0.6) is 11.5 Å². The minimum atomic E-state index is -0.249. The van der Waals surface area contributed by atoms with Crippen molar-refractivity contribution < 1.29 is 14.3 Å². The molecule has 2 aliphatic heterocycles. The lowest BCUT2D eigenvalue weighted by Crippen LogP contribution is -2.41. The van der Waals surface area contributed by atoms with Gasteiger partial charge in [-0.05, 0) is 65.7 Å². The van der Waals surface area contributed by atoms with Gasteiger partial charge in [0.25, 0.3) is 0 Å². The minimum absolute atomic E-state index is 0.109. The minimum Gasteiger partial charge on any atom is -0.454 e. The molecule has 1 fully saturated rings. The van der Waals surface area contributed by atoms with Crippen molar-refractivity contribution in [2.45, 2.75) is 25.4 Å². The fourth-order valence-corrected chi connectivity index (χ4v) is 4.61. The number of fused-ring (bicyclic) bond motifs is 1. The SMILES string of the molecule is NC(=O)C1CCN([C@@H](c2ccccc2Cl)c2nnnn2Cc2ccc3c(c2)OCO3)CC1. The fraction of sp³-hybridized carbons (Fsp3) is 0.364. The zero-order chi connectivity index (χ0) is 22.1. The van der Waals surface area contributed by atoms with Crippen LogP contribution in [-0.2, 0) is 11.3 Å². The summed E-state index contributed by atoms with van der Waals surface area (Å²) in [5.74, 6) is 1.79. The van der Waals surface area contributed by atoms with Crippen molar-refractivity contribution >= 4 is 17.5 Å². The van der Waals surface area contributed by atoms with Gasteiger partial charge in [0.05, 0.1) is 12.6 Å². The van der Waals surface area contributed by atoms with Crippen LogP contribution in [0.25, 0.3) is 0 Å². The number of nitrogens with two attached hydrogens (primary N) is 1. The van der Waals surface area contributed by atoms with E-state index in [1.54, 1.807) is 4.68 Å². The van der Waals surface area contributed by atoms with E-state index >= 15 is 0 Å². The highest BCUT2D eigenvalue weighted by Gasteiger charge is 2.33. The molecule has 1 saturated heterocycles. The van der Waals surface area contributed by atoms with Crippen LogP contribution in [0.15, 0.2) is 42.5 Å². The van der Waals surface area contributed by atoms with Crippen molar-refractivity contribution in [3.05, 3.63) is 64.4 Å². The van der Waals surface area contributed by atoms with Crippen molar-refractivity contribution in [3.63, 3.8) is 0 Å². The van der Waals surface area contributed by atoms with E-state index < -0.39 is 0 Å². The Balaban J connectivity index is 1.47. The number of benzene rings is 2. The third kappa shape index (κ3) is 4.01. The summed E-state index contributed by atoms with van der Waals surface area (Å²) in [5, 5.41) is 13.3. The van der Waals surface area contributed by atoms with Gasteiger partial charge in [-0.15, -0.1) is 5.10 Å². The van der Waals surface area contributed by atoms with Gasteiger partial charge in [0.1, 0.15) is 0 Å².